The first-order valence-corrected chi connectivity index (χ1v) is 5.98. The van der Waals surface area contributed by atoms with Crippen LogP contribution in [-0.2, 0) is 6.54 Å². The number of amidine groups is 1. The minimum absolute atomic E-state index is 0. The SMILES string of the molecule is COc1ccc(CN=C(N)C(Cl)(Cl)Br)cc1.Cl. The second-order valence-electron chi connectivity index (χ2n) is 3.05. The van der Waals surface area contributed by atoms with Crippen LogP contribution in [-0.4, -0.2) is 16.2 Å². The van der Waals surface area contributed by atoms with Crippen molar-refractivity contribution in [3.63, 3.8) is 0 Å². The molecule has 0 saturated carbocycles. The number of ether oxygens (including phenoxy) is 1. The van der Waals surface area contributed by atoms with Gasteiger partial charge in [0.25, 0.3) is 0 Å². The molecular formula is C10H12BrCl3N2O. The van der Waals surface area contributed by atoms with Crippen LogP contribution in [0.1, 0.15) is 5.56 Å². The molecule has 0 fully saturated rings. The van der Waals surface area contributed by atoms with Crippen molar-refractivity contribution >= 4 is 57.4 Å². The summed E-state index contributed by atoms with van der Waals surface area (Å²) in [6, 6.07) is 7.50. The highest BCUT2D eigenvalue weighted by Gasteiger charge is 2.24. The third-order valence-corrected chi connectivity index (χ3v) is 2.67. The summed E-state index contributed by atoms with van der Waals surface area (Å²) < 4.78 is 3.73. The van der Waals surface area contributed by atoms with Gasteiger partial charge in [0.2, 0.25) is 3.24 Å². The molecule has 1 aromatic carbocycles. The lowest BCUT2D eigenvalue weighted by molar-refractivity contribution is 0.414. The first-order valence-electron chi connectivity index (χ1n) is 4.43. The number of methoxy groups -OCH3 is 1. The molecule has 1 rings (SSSR count). The molecule has 96 valence electrons. The van der Waals surface area contributed by atoms with E-state index in [1.165, 1.54) is 0 Å². The molecule has 0 aliphatic heterocycles. The predicted octanol–water partition coefficient (Wildman–Crippen LogP) is 3.50. The van der Waals surface area contributed by atoms with Gasteiger partial charge in [-0.25, -0.2) is 0 Å². The van der Waals surface area contributed by atoms with Crippen molar-refractivity contribution < 1.29 is 4.74 Å². The number of hydrogen-bond acceptors (Lipinski definition) is 2. The van der Waals surface area contributed by atoms with Crippen LogP contribution in [0.3, 0.4) is 0 Å². The van der Waals surface area contributed by atoms with Gasteiger partial charge in [-0.1, -0.05) is 35.3 Å². The second kappa shape index (κ2) is 7.31. The predicted molar refractivity (Wildman–Crippen MR) is 78.9 cm³/mol. The van der Waals surface area contributed by atoms with E-state index in [9.17, 15) is 0 Å². The van der Waals surface area contributed by atoms with Gasteiger partial charge in [0, 0.05) is 0 Å². The summed E-state index contributed by atoms with van der Waals surface area (Å²) in [5.41, 5.74) is 6.56. The van der Waals surface area contributed by atoms with Gasteiger partial charge in [0.05, 0.1) is 13.7 Å². The summed E-state index contributed by atoms with van der Waals surface area (Å²) in [5, 5.41) is 0. The highest BCUT2D eigenvalue weighted by atomic mass is 79.9. The number of aliphatic imine (C=N–C) groups is 1. The van der Waals surface area contributed by atoms with Crippen molar-refractivity contribution in [3.05, 3.63) is 29.8 Å². The Balaban J connectivity index is 0.00000256. The molecule has 0 spiro atoms. The molecule has 7 heteroatoms. The Morgan fingerprint density at radius 1 is 1.41 bits per heavy atom. The first kappa shape index (κ1) is 16.8. The normalized spacial score (nSPS) is 11.9. The first-order chi connectivity index (χ1) is 7.43. The lowest BCUT2D eigenvalue weighted by atomic mass is 10.2. The van der Waals surface area contributed by atoms with E-state index in [-0.39, 0.29) is 18.2 Å². The van der Waals surface area contributed by atoms with E-state index in [4.69, 9.17) is 33.7 Å². The van der Waals surface area contributed by atoms with E-state index in [2.05, 4.69) is 20.9 Å². The van der Waals surface area contributed by atoms with Gasteiger partial charge in [-0.05, 0) is 33.6 Å². The lowest BCUT2D eigenvalue weighted by Gasteiger charge is -2.10. The zero-order valence-corrected chi connectivity index (χ0v) is 12.9. The van der Waals surface area contributed by atoms with Crippen LogP contribution >= 0.6 is 51.5 Å². The van der Waals surface area contributed by atoms with E-state index in [0.717, 1.165) is 11.3 Å². The summed E-state index contributed by atoms with van der Waals surface area (Å²) in [7, 11) is 1.62. The van der Waals surface area contributed by atoms with Crippen LogP contribution in [0.5, 0.6) is 5.75 Å². The molecule has 3 nitrogen and oxygen atoms in total. The van der Waals surface area contributed by atoms with Crippen molar-refractivity contribution in [2.75, 3.05) is 7.11 Å². The van der Waals surface area contributed by atoms with Crippen LogP contribution in [0.4, 0.5) is 0 Å². The summed E-state index contributed by atoms with van der Waals surface area (Å²) in [4.78, 5) is 4.06. The Kier molecular flexibility index (Phi) is 7.24. The lowest BCUT2D eigenvalue weighted by Crippen LogP contribution is -2.27. The topological polar surface area (TPSA) is 47.6 Å². The van der Waals surface area contributed by atoms with Crippen molar-refractivity contribution in [2.45, 2.75) is 9.79 Å². The van der Waals surface area contributed by atoms with E-state index in [0.29, 0.717) is 6.54 Å². The number of nitrogens with two attached hydrogens (primary N) is 1. The molecule has 0 unspecified atom stereocenters. The molecule has 0 aliphatic rings. The van der Waals surface area contributed by atoms with Crippen LogP contribution in [0.15, 0.2) is 29.3 Å². The maximum atomic E-state index is 5.70. The molecule has 0 heterocycles. The number of halogens is 4. The molecule has 0 saturated heterocycles. The average Bonchev–Trinajstić information content (AvgIpc) is 2.25. The Hall–Kier alpha value is -0.160. The van der Waals surface area contributed by atoms with Crippen LogP contribution in [0.2, 0.25) is 0 Å². The van der Waals surface area contributed by atoms with Gasteiger partial charge in [-0.2, -0.15) is 0 Å². The fourth-order valence-corrected chi connectivity index (χ4v) is 1.24. The maximum Gasteiger partial charge on any atom is 0.227 e. The zero-order valence-electron chi connectivity index (χ0n) is 8.99. The number of rotatable bonds is 4. The summed E-state index contributed by atoms with van der Waals surface area (Å²) in [6.45, 7) is 0.419. The van der Waals surface area contributed by atoms with Crippen molar-refractivity contribution in [1.82, 2.24) is 0 Å². The third kappa shape index (κ3) is 5.82. The minimum atomic E-state index is -1.31. The van der Waals surface area contributed by atoms with E-state index in [1.807, 2.05) is 24.3 Å². The van der Waals surface area contributed by atoms with Crippen molar-refractivity contribution in [3.8, 4) is 5.75 Å². The average molecular weight is 362 g/mol. The molecule has 0 atom stereocenters. The van der Waals surface area contributed by atoms with Crippen LogP contribution in [0.25, 0.3) is 0 Å². The molecule has 0 bridgehead atoms. The summed E-state index contributed by atoms with van der Waals surface area (Å²) in [5.74, 6) is 0.928. The van der Waals surface area contributed by atoms with E-state index >= 15 is 0 Å². The van der Waals surface area contributed by atoms with Gasteiger partial charge in [0.15, 0.2) is 0 Å². The molecule has 0 aromatic heterocycles. The molecule has 0 amide bonds. The van der Waals surface area contributed by atoms with E-state index < -0.39 is 3.24 Å². The Bertz CT molecular complexity index is 376. The monoisotopic (exact) mass is 360 g/mol. The van der Waals surface area contributed by atoms with Crippen LogP contribution < -0.4 is 10.5 Å². The molecule has 1 aromatic rings. The fraction of sp³-hybridized carbons (Fsp3) is 0.300. The molecule has 17 heavy (non-hydrogen) atoms. The third-order valence-electron chi connectivity index (χ3n) is 1.88. The minimum Gasteiger partial charge on any atom is -0.497 e. The quantitative estimate of drug-likeness (QED) is 0.506. The zero-order chi connectivity index (χ0) is 12.2. The smallest absolute Gasteiger partial charge is 0.227 e. The van der Waals surface area contributed by atoms with Gasteiger partial charge in [-0.3, -0.25) is 4.99 Å². The fourth-order valence-electron chi connectivity index (χ4n) is 0.997. The highest BCUT2D eigenvalue weighted by Crippen LogP contribution is 2.28. The van der Waals surface area contributed by atoms with Crippen LogP contribution in [0, 0.1) is 0 Å². The summed E-state index contributed by atoms with van der Waals surface area (Å²) in [6.07, 6.45) is 0. The Morgan fingerprint density at radius 3 is 2.35 bits per heavy atom. The largest absolute Gasteiger partial charge is 0.497 e. The van der Waals surface area contributed by atoms with E-state index in [1.54, 1.807) is 7.11 Å². The second-order valence-corrected chi connectivity index (χ2v) is 6.48. The van der Waals surface area contributed by atoms with Gasteiger partial charge in [0.1, 0.15) is 11.6 Å². The summed E-state index contributed by atoms with van der Waals surface area (Å²) >= 11 is 14.4. The Morgan fingerprint density at radius 2 is 1.94 bits per heavy atom. The Labute approximate surface area is 125 Å². The number of nitrogens with zero attached hydrogens (tertiary/aromatic N) is 1. The number of hydrogen-bond donors (Lipinski definition) is 1. The molecule has 2 N–H and O–H groups in total. The van der Waals surface area contributed by atoms with Gasteiger partial charge in [-0.15, -0.1) is 12.4 Å². The standard InChI is InChI=1S/C10H11BrCl2N2O.ClH/c1-16-8-4-2-7(3-5-8)6-15-9(14)10(11,12)13;/h2-5H,6H2,1H3,(H2,14,15);1H. The molecular weight excluding hydrogens is 350 g/mol. The number of alkyl halides is 3. The molecule has 0 radical (unpaired) electrons. The molecule has 0 aliphatic carbocycles. The van der Waals surface area contributed by atoms with Gasteiger partial charge >= 0.3 is 0 Å². The maximum absolute atomic E-state index is 5.70. The highest BCUT2D eigenvalue weighted by molar-refractivity contribution is 9.11. The van der Waals surface area contributed by atoms with Crippen molar-refractivity contribution in [1.29, 1.82) is 0 Å². The van der Waals surface area contributed by atoms with Gasteiger partial charge < -0.3 is 10.5 Å². The van der Waals surface area contributed by atoms with Crippen molar-refractivity contribution in [2.24, 2.45) is 10.7 Å². The number of benzene rings is 1.